The zero-order valence-electron chi connectivity index (χ0n) is 15.4. The van der Waals surface area contributed by atoms with E-state index in [1.807, 2.05) is 24.3 Å². The normalized spacial score (nSPS) is 16.7. The number of halogens is 1. The first-order valence-corrected chi connectivity index (χ1v) is 9.40. The molecule has 1 saturated heterocycles. The van der Waals surface area contributed by atoms with Crippen molar-refractivity contribution < 1.29 is 14.2 Å². The van der Waals surface area contributed by atoms with E-state index in [2.05, 4.69) is 24.4 Å². The van der Waals surface area contributed by atoms with Crippen molar-refractivity contribution in [2.45, 2.75) is 39.0 Å². The van der Waals surface area contributed by atoms with Crippen LogP contribution in [0.1, 0.15) is 29.5 Å². The standard InChI is InChI=1S/C21H26ClNO3/c1-15-5-3-6-16(9-15)14-26-21-19(22)10-17(11-20(21)24-2)12-23-13-18-7-4-8-25-18/h3,5-6,9-11,18,23H,4,7-8,12-14H2,1-2H3/t18-/m0/s1. The van der Waals surface area contributed by atoms with Crippen LogP contribution in [-0.2, 0) is 17.9 Å². The van der Waals surface area contributed by atoms with Gasteiger partial charge in [-0.3, -0.25) is 0 Å². The molecule has 0 unspecified atom stereocenters. The minimum Gasteiger partial charge on any atom is -0.493 e. The Bertz CT molecular complexity index is 729. The summed E-state index contributed by atoms with van der Waals surface area (Å²) in [7, 11) is 1.63. The predicted octanol–water partition coefficient (Wildman–Crippen LogP) is 4.50. The molecule has 2 aromatic carbocycles. The lowest BCUT2D eigenvalue weighted by atomic mass is 10.1. The van der Waals surface area contributed by atoms with E-state index in [0.29, 0.717) is 35.8 Å². The summed E-state index contributed by atoms with van der Waals surface area (Å²) in [6.07, 6.45) is 2.60. The van der Waals surface area contributed by atoms with Crippen LogP contribution in [0.15, 0.2) is 36.4 Å². The Balaban J connectivity index is 1.62. The van der Waals surface area contributed by atoms with Crippen molar-refractivity contribution in [3.05, 3.63) is 58.1 Å². The maximum atomic E-state index is 6.46. The molecule has 1 heterocycles. The van der Waals surface area contributed by atoms with Crippen molar-refractivity contribution in [1.82, 2.24) is 5.32 Å². The molecule has 0 aromatic heterocycles. The van der Waals surface area contributed by atoms with E-state index in [1.54, 1.807) is 7.11 Å². The molecular formula is C21H26ClNO3. The molecule has 2 aromatic rings. The molecule has 1 aliphatic heterocycles. The summed E-state index contributed by atoms with van der Waals surface area (Å²) >= 11 is 6.46. The molecular weight excluding hydrogens is 350 g/mol. The van der Waals surface area contributed by atoms with Crippen LogP contribution in [-0.4, -0.2) is 26.4 Å². The van der Waals surface area contributed by atoms with E-state index in [1.165, 1.54) is 5.56 Å². The topological polar surface area (TPSA) is 39.7 Å². The quantitative estimate of drug-likeness (QED) is 0.737. The molecule has 3 rings (SSSR count). The Morgan fingerprint density at radius 2 is 2.12 bits per heavy atom. The Morgan fingerprint density at radius 3 is 2.85 bits per heavy atom. The van der Waals surface area contributed by atoms with Crippen molar-refractivity contribution in [3.8, 4) is 11.5 Å². The van der Waals surface area contributed by atoms with E-state index in [0.717, 1.165) is 37.1 Å². The first-order valence-electron chi connectivity index (χ1n) is 9.03. The highest BCUT2D eigenvalue weighted by atomic mass is 35.5. The molecule has 0 bridgehead atoms. The summed E-state index contributed by atoms with van der Waals surface area (Å²) in [5.74, 6) is 1.23. The lowest BCUT2D eigenvalue weighted by molar-refractivity contribution is 0.110. The Kier molecular flexibility index (Phi) is 6.78. The van der Waals surface area contributed by atoms with Crippen LogP contribution >= 0.6 is 11.6 Å². The number of aryl methyl sites for hydroxylation is 1. The summed E-state index contributed by atoms with van der Waals surface area (Å²) in [6.45, 7) is 4.96. The Hall–Kier alpha value is -1.75. The summed E-state index contributed by atoms with van der Waals surface area (Å²) in [5.41, 5.74) is 3.37. The van der Waals surface area contributed by atoms with Gasteiger partial charge in [-0.2, -0.15) is 0 Å². The minimum absolute atomic E-state index is 0.323. The summed E-state index contributed by atoms with van der Waals surface area (Å²) in [5, 5.41) is 3.99. The summed E-state index contributed by atoms with van der Waals surface area (Å²) in [4.78, 5) is 0. The number of nitrogens with one attached hydrogen (secondary N) is 1. The Labute approximate surface area is 160 Å². The molecule has 5 heteroatoms. The first-order chi connectivity index (χ1) is 12.7. The lowest BCUT2D eigenvalue weighted by Crippen LogP contribution is -2.25. The van der Waals surface area contributed by atoms with Gasteiger partial charge in [0.15, 0.2) is 11.5 Å². The van der Waals surface area contributed by atoms with Crippen LogP contribution in [0, 0.1) is 6.92 Å². The van der Waals surface area contributed by atoms with Crippen LogP contribution in [0.3, 0.4) is 0 Å². The maximum Gasteiger partial charge on any atom is 0.180 e. The fourth-order valence-corrected chi connectivity index (χ4v) is 3.44. The second kappa shape index (κ2) is 9.26. The van der Waals surface area contributed by atoms with Crippen molar-refractivity contribution in [2.24, 2.45) is 0 Å². The van der Waals surface area contributed by atoms with Crippen molar-refractivity contribution in [3.63, 3.8) is 0 Å². The highest BCUT2D eigenvalue weighted by molar-refractivity contribution is 6.32. The lowest BCUT2D eigenvalue weighted by Gasteiger charge is -2.15. The van der Waals surface area contributed by atoms with Crippen molar-refractivity contribution in [1.29, 1.82) is 0 Å². The van der Waals surface area contributed by atoms with Crippen molar-refractivity contribution in [2.75, 3.05) is 20.3 Å². The molecule has 0 amide bonds. The summed E-state index contributed by atoms with van der Waals surface area (Å²) < 4.78 is 17.1. The van der Waals surface area contributed by atoms with Gasteiger partial charge >= 0.3 is 0 Å². The average Bonchev–Trinajstić information content (AvgIpc) is 3.14. The van der Waals surface area contributed by atoms with Crippen LogP contribution in [0.5, 0.6) is 11.5 Å². The van der Waals surface area contributed by atoms with Gasteiger partial charge in [0.25, 0.3) is 0 Å². The summed E-state index contributed by atoms with van der Waals surface area (Å²) in [6, 6.07) is 12.1. The molecule has 1 atom stereocenters. The van der Waals surface area contributed by atoms with Gasteiger partial charge in [0.2, 0.25) is 0 Å². The van der Waals surface area contributed by atoms with E-state index >= 15 is 0 Å². The van der Waals surface area contributed by atoms with Crippen LogP contribution in [0.2, 0.25) is 5.02 Å². The monoisotopic (exact) mass is 375 g/mol. The van der Waals surface area contributed by atoms with E-state index in [4.69, 9.17) is 25.8 Å². The Morgan fingerprint density at radius 1 is 1.23 bits per heavy atom. The van der Waals surface area contributed by atoms with Gasteiger partial charge in [-0.1, -0.05) is 41.4 Å². The third kappa shape index (κ3) is 5.13. The van der Waals surface area contributed by atoms with E-state index in [9.17, 15) is 0 Å². The number of methoxy groups -OCH3 is 1. The van der Waals surface area contributed by atoms with Gasteiger partial charge in [-0.25, -0.2) is 0 Å². The smallest absolute Gasteiger partial charge is 0.180 e. The molecule has 0 spiro atoms. The molecule has 0 radical (unpaired) electrons. The van der Waals surface area contributed by atoms with Gasteiger partial charge in [-0.05, 0) is 43.0 Å². The van der Waals surface area contributed by atoms with Crippen LogP contribution in [0.25, 0.3) is 0 Å². The van der Waals surface area contributed by atoms with Crippen LogP contribution in [0.4, 0.5) is 0 Å². The molecule has 1 N–H and O–H groups in total. The molecule has 1 fully saturated rings. The fraction of sp³-hybridized carbons (Fsp3) is 0.429. The maximum absolute atomic E-state index is 6.46. The number of rotatable bonds is 8. The highest BCUT2D eigenvalue weighted by Gasteiger charge is 2.16. The van der Waals surface area contributed by atoms with Crippen molar-refractivity contribution >= 4 is 11.6 Å². The van der Waals surface area contributed by atoms with Gasteiger partial charge < -0.3 is 19.5 Å². The highest BCUT2D eigenvalue weighted by Crippen LogP contribution is 2.37. The van der Waals surface area contributed by atoms with Gasteiger partial charge in [0.1, 0.15) is 6.61 Å². The molecule has 1 aliphatic rings. The second-order valence-electron chi connectivity index (χ2n) is 6.65. The zero-order chi connectivity index (χ0) is 18.4. The molecule has 0 saturated carbocycles. The third-order valence-electron chi connectivity index (χ3n) is 4.48. The fourth-order valence-electron chi connectivity index (χ4n) is 3.16. The molecule has 4 nitrogen and oxygen atoms in total. The van der Waals surface area contributed by atoms with Crippen LogP contribution < -0.4 is 14.8 Å². The zero-order valence-corrected chi connectivity index (χ0v) is 16.1. The predicted molar refractivity (Wildman–Crippen MR) is 104 cm³/mol. The molecule has 26 heavy (non-hydrogen) atoms. The van der Waals surface area contributed by atoms with Gasteiger partial charge in [-0.15, -0.1) is 0 Å². The number of hydrogen-bond acceptors (Lipinski definition) is 4. The number of hydrogen-bond donors (Lipinski definition) is 1. The number of ether oxygens (including phenoxy) is 3. The SMILES string of the molecule is COc1cc(CNC[C@@H]2CCCO2)cc(Cl)c1OCc1cccc(C)c1. The van der Waals surface area contributed by atoms with Gasteiger partial charge in [0.05, 0.1) is 18.2 Å². The van der Waals surface area contributed by atoms with Gasteiger partial charge in [0, 0.05) is 19.7 Å². The average molecular weight is 376 g/mol. The molecule has 0 aliphatic carbocycles. The largest absolute Gasteiger partial charge is 0.493 e. The second-order valence-corrected chi connectivity index (χ2v) is 7.06. The molecule has 140 valence electrons. The van der Waals surface area contributed by atoms with E-state index in [-0.39, 0.29) is 0 Å². The third-order valence-corrected chi connectivity index (χ3v) is 4.76. The van der Waals surface area contributed by atoms with E-state index < -0.39 is 0 Å². The first kappa shape index (κ1) is 19.0. The minimum atomic E-state index is 0.323. The number of benzene rings is 2.